The van der Waals surface area contributed by atoms with E-state index in [4.69, 9.17) is 4.74 Å². The molecule has 1 aliphatic rings. The standard InChI is InChI=1S/C14H20BrNO/c1-3-5-13-14(16-8-4-2)11-9-10(15)6-7-12(11)17-13/h6-7,9,13-14,16H,3-5,8H2,1-2H3. The Morgan fingerprint density at radius 2 is 2.12 bits per heavy atom. The number of hydrogen-bond acceptors (Lipinski definition) is 2. The first kappa shape index (κ1) is 12.9. The Morgan fingerprint density at radius 1 is 1.29 bits per heavy atom. The summed E-state index contributed by atoms with van der Waals surface area (Å²) in [5.74, 6) is 1.04. The Hall–Kier alpha value is -0.540. The number of halogens is 1. The van der Waals surface area contributed by atoms with Crippen molar-refractivity contribution in [1.82, 2.24) is 5.32 Å². The second kappa shape index (κ2) is 5.87. The predicted octanol–water partition coefficient (Wildman–Crippen LogP) is 4.05. The molecule has 0 bridgehead atoms. The predicted molar refractivity (Wildman–Crippen MR) is 74.5 cm³/mol. The highest BCUT2D eigenvalue weighted by molar-refractivity contribution is 9.10. The fourth-order valence-electron chi connectivity index (χ4n) is 2.35. The molecule has 2 nitrogen and oxygen atoms in total. The Kier molecular flexibility index (Phi) is 4.46. The lowest BCUT2D eigenvalue weighted by atomic mass is 10.0. The van der Waals surface area contributed by atoms with E-state index in [9.17, 15) is 0 Å². The van der Waals surface area contributed by atoms with Crippen LogP contribution >= 0.6 is 15.9 Å². The molecule has 1 aromatic carbocycles. The maximum atomic E-state index is 6.03. The Labute approximate surface area is 112 Å². The molecular weight excluding hydrogens is 278 g/mol. The summed E-state index contributed by atoms with van der Waals surface area (Å²) in [5, 5.41) is 3.60. The second-order valence-corrected chi connectivity index (χ2v) is 5.47. The van der Waals surface area contributed by atoms with Crippen molar-refractivity contribution in [1.29, 1.82) is 0 Å². The number of fused-ring (bicyclic) bond motifs is 1. The number of benzene rings is 1. The molecule has 2 unspecified atom stereocenters. The zero-order valence-corrected chi connectivity index (χ0v) is 12.1. The van der Waals surface area contributed by atoms with Crippen LogP contribution in [0.15, 0.2) is 22.7 Å². The lowest BCUT2D eigenvalue weighted by Gasteiger charge is -2.19. The highest BCUT2D eigenvalue weighted by Gasteiger charge is 2.33. The first-order chi connectivity index (χ1) is 8.26. The topological polar surface area (TPSA) is 21.3 Å². The molecule has 0 aliphatic carbocycles. The molecule has 17 heavy (non-hydrogen) atoms. The van der Waals surface area contributed by atoms with Crippen molar-refractivity contribution in [2.75, 3.05) is 6.54 Å². The molecule has 0 saturated heterocycles. The van der Waals surface area contributed by atoms with Gasteiger partial charge in [0.25, 0.3) is 0 Å². The van der Waals surface area contributed by atoms with Gasteiger partial charge in [-0.25, -0.2) is 0 Å². The summed E-state index contributed by atoms with van der Waals surface area (Å²) in [4.78, 5) is 0. The maximum absolute atomic E-state index is 6.03. The molecule has 1 N–H and O–H groups in total. The second-order valence-electron chi connectivity index (χ2n) is 4.56. The van der Waals surface area contributed by atoms with Crippen molar-refractivity contribution in [3.63, 3.8) is 0 Å². The van der Waals surface area contributed by atoms with Crippen molar-refractivity contribution in [2.24, 2.45) is 0 Å². The van der Waals surface area contributed by atoms with Gasteiger partial charge in [0.1, 0.15) is 11.9 Å². The van der Waals surface area contributed by atoms with Gasteiger partial charge in [-0.05, 0) is 37.6 Å². The zero-order chi connectivity index (χ0) is 12.3. The molecule has 2 atom stereocenters. The van der Waals surface area contributed by atoms with Crippen molar-refractivity contribution in [3.05, 3.63) is 28.2 Å². The van der Waals surface area contributed by atoms with Gasteiger partial charge in [0.15, 0.2) is 0 Å². The van der Waals surface area contributed by atoms with E-state index in [1.54, 1.807) is 0 Å². The summed E-state index contributed by atoms with van der Waals surface area (Å²) in [6.07, 6.45) is 3.70. The van der Waals surface area contributed by atoms with Crippen LogP contribution in [0.1, 0.15) is 44.7 Å². The van der Waals surface area contributed by atoms with Crippen molar-refractivity contribution in [2.45, 2.75) is 45.3 Å². The SMILES string of the molecule is CCCNC1c2cc(Br)ccc2OC1CCC. The van der Waals surface area contributed by atoms with Crippen LogP contribution in [0, 0.1) is 0 Å². The summed E-state index contributed by atoms with van der Waals surface area (Å²) < 4.78 is 7.15. The highest BCUT2D eigenvalue weighted by atomic mass is 79.9. The first-order valence-electron chi connectivity index (χ1n) is 6.45. The Balaban J connectivity index is 2.20. The quantitative estimate of drug-likeness (QED) is 0.885. The number of rotatable bonds is 5. The summed E-state index contributed by atoms with van der Waals surface area (Å²) in [7, 11) is 0. The molecule has 94 valence electrons. The lowest BCUT2D eigenvalue weighted by molar-refractivity contribution is 0.178. The van der Waals surface area contributed by atoms with Crippen LogP contribution in [-0.4, -0.2) is 12.6 Å². The van der Waals surface area contributed by atoms with E-state index >= 15 is 0 Å². The molecular formula is C14H20BrNO. The monoisotopic (exact) mass is 297 g/mol. The third-order valence-electron chi connectivity index (χ3n) is 3.14. The van der Waals surface area contributed by atoms with Crippen LogP contribution in [0.5, 0.6) is 5.75 Å². The van der Waals surface area contributed by atoms with Gasteiger partial charge in [0, 0.05) is 10.0 Å². The first-order valence-corrected chi connectivity index (χ1v) is 7.25. The molecule has 2 rings (SSSR count). The van der Waals surface area contributed by atoms with Crippen LogP contribution in [-0.2, 0) is 0 Å². The Morgan fingerprint density at radius 3 is 2.82 bits per heavy atom. The molecule has 1 aromatic rings. The van der Waals surface area contributed by atoms with Crippen LogP contribution in [0.2, 0.25) is 0 Å². The van der Waals surface area contributed by atoms with E-state index < -0.39 is 0 Å². The molecule has 0 saturated carbocycles. The van der Waals surface area contributed by atoms with Gasteiger partial charge in [-0.1, -0.05) is 36.2 Å². The van der Waals surface area contributed by atoms with Gasteiger partial charge in [-0.2, -0.15) is 0 Å². The summed E-state index contributed by atoms with van der Waals surface area (Å²) in [6.45, 7) is 5.44. The van der Waals surface area contributed by atoms with E-state index in [-0.39, 0.29) is 6.10 Å². The Bertz CT molecular complexity index is 380. The molecule has 0 radical (unpaired) electrons. The van der Waals surface area contributed by atoms with Crippen LogP contribution < -0.4 is 10.1 Å². The summed E-state index contributed by atoms with van der Waals surface area (Å²) in [5.41, 5.74) is 1.30. The van der Waals surface area contributed by atoms with E-state index in [0.717, 1.165) is 36.0 Å². The number of hydrogen-bond donors (Lipinski definition) is 1. The average Bonchev–Trinajstić information content (AvgIpc) is 2.64. The number of ether oxygens (including phenoxy) is 1. The van der Waals surface area contributed by atoms with E-state index in [2.05, 4.69) is 47.2 Å². The smallest absolute Gasteiger partial charge is 0.124 e. The van der Waals surface area contributed by atoms with Crippen molar-refractivity contribution < 1.29 is 4.74 Å². The minimum atomic E-state index is 0.288. The molecule has 0 amide bonds. The average molecular weight is 298 g/mol. The van der Waals surface area contributed by atoms with Crippen molar-refractivity contribution in [3.8, 4) is 5.75 Å². The van der Waals surface area contributed by atoms with Crippen molar-refractivity contribution >= 4 is 15.9 Å². The maximum Gasteiger partial charge on any atom is 0.124 e. The third kappa shape index (κ3) is 2.83. The van der Waals surface area contributed by atoms with E-state index in [1.165, 1.54) is 5.56 Å². The van der Waals surface area contributed by atoms with Gasteiger partial charge in [-0.3, -0.25) is 0 Å². The van der Waals surface area contributed by atoms with Gasteiger partial charge in [0.05, 0.1) is 6.04 Å². The molecule has 1 aliphatic heterocycles. The molecule has 3 heteroatoms. The lowest BCUT2D eigenvalue weighted by Crippen LogP contribution is -2.31. The summed E-state index contributed by atoms with van der Waals surface area (Å²) in [6, 6.07) is 6.64. The van der Waals surface area contributed by atoms with Crippen LogP contribution in [0.3, 0.4) is 0 Å². The van der Waals surface area contributed by atoms with Gasteiger partial charge < -0.3 is 10.1 Å². The van der Waals surface area contributed by atoms with E-state index in [0.29, 0.717) is 6.04 Å². The molecule has 0 fully saturated rings. The normalized spacial score (nSPS) is 22.3. The third-order valence-corrected chi connectivity index (χ3v) is 3.64. The largest absolute Gasteiger partial charge is 0.488 e. The fraction of sp³-hybridized carbons (Fsp3) is 0.571. The van der Waals surface area contributed by atoms with Crippen LogP contribution in [0.25, 0.3) is 0 Å². The van der Waals surface area contributed by atoms with E-state index in [1.807, 2.05) is 6.07 Å². The zero-order valence-electron chi connectivity index (χ0n) is 10.5. The number of nitrogens with one attached hydrogen (secondary N) is 1. The minimum Gasteiger partial charge on any atom is -0.488 e. The minimum absolute atomic E-state index is 0.288. The molecule has 1 heterocycles. The molecule has 0 spiro atoms. The summed E-state index contributed by atoms with van der Waals surface area (Å²) >= 11 is 3.54. The van der Waals surface area contributed by atoms with Gasteiger partial charge in [0.2, 0.25) is 0 Å². The molecule has 0 aromatic heterocycles. The fourth-order valence-corrected chi connectivity index (χ4v) is 2.73. The highest BCUT2D eigenvalue weighted by Crippen LogP contribution is 2.39. The van der Waals surface area contributed by atoms with Gasteiger partial charge in [-0.15, -0.1) is 0 Å². The van der Waals surface area contributed by atoms with Crippen LogP contribution in [0.4, 0.5) is 0 Å². The van der Waals surface area contributed by atoms with Gasteiger partial charge >= 0.3 is 0 Å².